The number of ether oxygens (including phenoxy) is 1. The Balaban J connectivity index is 0.000000816. The van der Waals surface area contributed by atoms with Gasteiger partial charge in [0.25, 0.3) is 0 Å². The Morgan fingerprint density at radius 1 is 1.04 bits per heavy atom. The van der Waals surface area contributed by atoms with Gasteiger partial charge >= 0.3 is 15.6 Å². The maximum Gasteiger partial charge on any atom is 0.534 e. The largest absolute Gasteiger partial charge is 0.534 e. The zero-order valence-corrected chi connectivity index (χ0v) is 12.9. The molecule has 9 heteroatoms. The summed E-state index contributed by atoms with van der Waals surface area (Å²) in [6, 6.07) is 8.72. The second kappa shape index (κ2) is 7.42. The number of fused-ring (bicyclic) bond motifs is 1. The average Bonchev–Trinajstić information content (AvgIpc) is 2.46. The van der Waals surface area contributed by atoms with Crippen LogP contribution < -0.4 is 4.18 Å². The molecule has 0 aromatic heterocycles. The third-order valence-electron chi connectivity index (χ3n) is 2.53. The third kappa shape index (κ3) is 4.42. The van der Waals surface area contributed by atoms with Crippen molar-refractivity contribution in [2.75, 3.05) is 14.2 Å². The van der Waals surface area contributed by atoms with E-state index in [9.17, 15) is 26.4 Å². The lowest BCUT2D eigenvalue weighted by Crippen LogP contribution is -2.28. The molecule has 0 unspecified atom stereocenters. The summed E-state index contributed by atoms with van der Waals surface area (Å²) in [7, 11) is -2.56. The number of carbonyl (C=O) groups excluding carboxylic acids is 1. The summed E-state index contributed by atoms with van der Waals surface area (Å²) in [4.78, 5) is 11.0. The molecule has 5 nitrogen and oxygen atoms in total. The molecule has 0 aliphatic heterocycles. The molecule has 0 saturated heterocycles. The molecule has 0 heterocycles. The van der Waals surface area contributed by atoms with Crippen molar-refractivity contribution in [1.82, 2.24) is 0 Å². The first-order valence-electron chi connectivity index (χ1n) is 6.05. The minimum absolute atomic E-state index is 0.254. The zero-order valence-electron chi connectivity index (χ0n) is 12.1. The van der Waals surface area contributed by atoms with Crippen molar-refractivity contribution >= 4 is 27.2 Å². The Morgan fingerprint density at radius 2 is 1.61 bits per heavy atom. The van der Waals surface area contributed by atoms with Gasteiger partial charge in [0.05, 0.1) is 5.56 Å². The summed E-state index contributed by atoms with van der Waals surface area (Å²) < 4.78 is 67.0. The number of alkyl halides is 3. The number of hydrogen-bond acceptors (Lipinski definition) is 5. The van der Waals surface area contributed by atoms with E-state index in [0.29, 0.717) is 10.8 Å². The van der Waals surface area contributed by atoms with Crippen molar-refractivity contribution in [2.24, 2.45) is 0 Å². The molecule has 0 bridgehead atoms. The van der Waals surface area contributed by atoms with Crippen molar-refractivity contribution in [1.29, 1.82) is 0 Å². The normalized spacial score (nSPS) is 11.5. The second-order valence-electron chi connectivity index (χ2n) is 4.21. The van der Waals surface area contributed by atoms with Crippen molar-refractivity contribution in [2.45, 2.75) is 5.51 Å². The van der Waals surface area contributed by atoms with Crippen molar-refractivity contribution in [3.63, 3.8) is 0 Å². The number of carbonyl (C=O) groups is 1. The van der Waals surface area contributed by atoms with Crippen LogP contribution in [0.25, 0.3) is 10.8 Å². The molecule has 0 aliphatic rings. The maximum atomic E-state index is 12.3. The van der Waals surface area contributed by atoms with Crippen molar-refractivity contribution in [3.8, 4) is 5.75 Å². The predicted octanol–water partition coefficient (Wildman–Crippen LogP) is 3.14. The summed E-state index contributed by atoms with van der Waals surface area (Å²) in [5.74, 6) is -0.656. The van der Waals surface area contributed by atoms with Crippen molar-refractivity contribution < 1.29 is 35.3 Å². The van der Waals surface area contributed by atoms with Gasteiger partial charge in [-0.05, 0) is 16.8 Å². The molecule has 0 fully saturated rings. The smallest absolute Gasteiger partial charge is 0.388 e. The molecular weight excluding hydrogens is 337 g/mol. The van der Waals surface area contributed by atoms with Crippen LogP contribution in [0.15, 0.2) is 36.4 Å². The van der Waals surface area contributed by atoms with E-state index in [2.05, 4.69) is 8.92 Å². The maximum absolute atomic E-state index is 12.3. The number of aldehydes is 1. The van der Waals surface area contributed by atoms with Gasteiger partial charge in [0.1, 0.15) is 0 Å². The van der Waals surface area contributed by atoms with E-state index in [1.165, 1.54) is 12.1 Å². The highest BCUT2D eigenvalue weighted by Gasteiger charge is 2.48. The van der Waals surface area contributed by atoms with Crippen LogP contribution in [0.5, 0.6) is 5.75 Å². The molecule has 0 saturated carbocycles. The fourth-order valence-corrected chi connectivity index (χ4v) is 2.11. The highest BCUT2D eigenvalue weighted by Crippen LogP contribution is 2.31. The first-order valence-corrected chi connectivity index (χ1v) is 7.46. The van der Waals surface area contributed by atoms with Gasteiger partial charge in [-0.2, -0.15) is 21.6 Å². The van der Waals surface area contributed by atoms with Gasteiger partial charge in [0, 0.05) is 14.2 Å². The van der Waals surface area contributed by atoms with Crippen LogP contribution in [0.2, 0.25) is 0 Å². The summed E-state index contributed by atoms with van der Waals surface area (Å²) in [5.41, 5.74) is -5.81. The van der Waals surface area contributed by atoms with E-state index >= 15 is 0 Å². The second-order valence-corrected chi connectivity index (χ2v) is 5.75. The van der Waals surface area contributed by atoms with E-state index in [1.54, 1.807) is 32.4 Å². The highest BCUT2D eigenvalue weighted by molar-refractivity contribution is 7.88. The van der Waals surface area contributed by atoms with E-state index in [1.807, 2.05) is 0 Å². The molecule has 0 atom stereocenters. The molecule has 2 rings (SSSR count). The SMILES string of the molecule is COC.O=Cc1c(OS(=O)(=O)C(F)(F)F)ccc2ccccc12. The first kappa shape index (κ1) is 18.9. The molecular formula is C14H13F3O5S. The minimum atomic E-state index is -5.81. The van der Waals surface area contributed by atoms with E-state index in [0.717, 1.165) is 6.07 Å². The van der Waals surface area contributed by atoms with Crippen LogP contribution in [-0.4, -0.2) is 34.4 Å². The fraction of sp³-hybridized carbons (Fsp3) is 0.214. The number of benzene rings is 2. The Hall–Kier alpha value is -2.13. The number of rotatable bonds is 3. The van der Waals surface area contributed by atoms with Gasteiger partial charge in [0.15, 0.2) is 12.0 Å². The molecule has 0 spiro atoms. The number of halogens is 3. The summed E-state index contributed by atoms with van der Waals surface area (Å²) in [6.45, 7) is 0. The standard InChI is InChI=1S/C12H7F3O4S.C2H6O/c13-12(14,15)20(17,18)19-11-6-5-8-3-1-2-4-9(8)10(11)7-16;1-3-2/h1-7H;1-2H3. The summed E-state index contributed by atoms with van der Waals surface area (Å²) in [5, 5.41) is 0.878. The fourth-order valence-electron chi connectivity index (χ4n) is 1.64. The van der Waals surface area contributed by atoms with Crippen molar-refractivity contribution in [3.05, 3.63) is 42.0 Å². The quantitative estimate of drug-likeness (QED) is 0.483. The van der Waals surface area contributed by atoms with Crippen LogP contribution in [0, 0.1) is 0 Å². The first-order chi connectivity index (χ1) is 10.7. The monoisotopic (exact) mass is 350 g/mol. The molecule has 0 amide bonds. The van der Waals surface area contributed by atoms with E-state index < -0.39 is 21.4 Å². The molecule has 0 radical (unpaired) electrons. The average molecular weight is 350 g/mol. The van der Waals surface area contributed by atoms with Crippen LogP contribution in [0.1, 0.15) is 10.4 Å². The predicted molar refractivity (Wildman–Crippen MR) is 77.9 cm³/mol. The number of methoxy groups -OCH3 is 1. The lowest BCUT2D eigenvalue weighted by molar-refractivity contribution is -0.0500. The minimum Gasteiger partial charge on any atom is -0.388 e. The molecule has 23 heavy (non-hydrogen) atoms. The lowest BCUT2D eigenvalue weighted by Gasteiger charge is -2.12. The molecule has 0 aliphatic carbocycles. The van der Waals surface area contributed by atoms with Gasteiger partial charge in [-0.15, -0.1) is 0 Å². The number of hydrogen-bond donors (Lipinski definition) is 0. The van der Waals surface area contributed by atoms with Crippen LogP contribution in [0.4, 0.5) is 13.2 Å². The Kier molecular flexibility index (Phi) is 6.11. The van der Waals surface area contributed by atoms with Crippen LogP contribution >= 0.6 is 0 Å². The highest BCUT2D eigenvalue weighted by atomic mass is 32.2. The van der Waals surface area contributed by atoms with Gasteiger partial charge in [-0.1, -0.05) is 30.3 Å². The van der Waals surface area contributed by atoms with Gasteiger partial charge < -0.3 is 8.92 Å². The molecule has 0 N–H and O–H groups in total. The Morgan fingerprint density at radius 3 is 2.13 bits per heavy atom. The zero-order chi connectivity index (χ0) is 17.7. The third-order valence-corrected chi connectivity index (χ3v) is 3.50. The Labute approximate surface area is 130 Å². The molecule has 2 aromatic rings. The van der Waals surface area contributed by atoms with Gasteiger partial charge in [0.2, 0.25) is 0 Å². The lowest BCUT2D eigenvalue weighted by atomic mass is 10.0. The topological polar surface area (TPSA) is 69.7 Å². The van der Waals surface area contributed by atoms with E-state index in [4.69, 9.17) is 0 Å². The van der Waals surface area contributed by atoms with E-state index in [-0.39, 0.29) is 11.8 Å². The van der Waals surface area contributed by atoms with Crippen LogP contribution in [0.3, 0.4) is 0 Å². The summed E-state index contributed by atoms with van der Waals surface area (Å²) >= 11 is 0. The molecule has 2 aromatic carbocycles. The summed E-state index contributed by atoms with van der Waals surface area (Å²) in [6.07, 6.45) is 0.254. The van der Waals surface area contributed by atoms with Gasteiger partial charge in [-0.3, -0.25) is 4.79 Å². The van der Waals surface area contributed by atoms with Crippen LogP contribution in [-0.2, 0) is 14.9 Å². The molecule has 126 valence electrons. The van der Waals surface area contributed by atoms with Gasteiger partial charge in [-0.25, -0.2) is 0 Å². The Bertz CT molecular complexity index is 785.